The third kappa shape index (κ3) is 3.78. The van der Waals surface area contributed by atoms with Gasteiger partial charge in [-0.1, -0.05) is 30.3 Å². The van der Waals surface area contributed by atoms with Crippen LogP contribution in [0.3, 0.4) is 0 Å². The number of nitrogens with zero attached hydrogens (tertiary/aromatic N) is 1. The lowest BCUT2D eigenvalue weighted by Crippen LogP contribution is -2.25. The summed E-state index contributed by atoms with van der Waals surface area (Å²) in [5, 5.41) is 0. The minimum Gasteiger partial charge on any atom is -0.441 e. The summed E-state index contributed by atoms with van der Waals surface area (Å²) in [6.45, 7) is 2.13. The molecular formula is C17H18N2O3S. The minimum atomic E-state index is -3.53. The minimum absolute atomic E-state index is 0.195. The van der Waals surface area contributed by atoms with E-state index < -0.39 is 10.0 Å². The zero-order chi connectivity index (χ0) is 16.3. The summed E-state index contributed by atoms with van der Waals surface area (Å²) in [5.41, 5.74) is 2.34. The van der Waals surface area contributed by atoms with E-state index in [9.17, 15) is 8.42 Å². The monoisotopic (exact) mass is 330 g/mol. The number of rotatable bonds is 6. The van der Waals surface area contributed by atoms with Crippen LogP contribution >= 0.6 is 0 Å². The average molecular weight is 330 g/mol. The number of aromatic nitrogens is 1. The second-order valence-corrected chi connectivity index (χ2v) is 7.12. The Labute approximate surface area is 135 Å². The number of hydrogen-bond acceptors (Lipinski definition) is 4. The third-order valence-electron chi connectivity index (χ3n) is 3.55. The van der Waals surface area contributed by atoms with Crippen LogP contribution in [0.4, 0.5) is 0 Å². The molecule has 2 aromatic carbocycles. The molecule has 0 radical (unpaired) electrons. The fraction of sp³-hybridized carbons (Fsp3) is 0.235. The smallest absolute Gasteiger partial charge is 0.240 e. The van der Waals surface area contributed by atoms with E-state index in [1.54, 1.807) is 19.1 Å². The van der Waals surface area contributed by atoms with Gasteiger partial charge in [0.1, 0.15) is 5.52 Å². The second kappa shape index (κ2) is 6.52. The molecule has 23 heavy (non-hydrogen) atoms. The van der Waals surface area contributed by atoms with Gasteiger partial charge in [-0.25, -0.2) is 18.1 Å². The first-order chi connectivity index (χ1) is 11.0. The summed E-state index contributed by atoms with van der Waals surface area (Å²) in [6.07, 6.45) is 1.58. The van der Waals surface area contributed by atoms with Crippen molar-refractivity contribution >= 4 is 21.1 Å². The second-order valence-electron chi connectivity index (χ2n) is 5.35. The number of sulfonamides is 1. The van der Waals surface area contributed by atoms with Gasteiger partial charge in [-0.2, -0.15) is 0 Å². The molecule has 6 heteroatoms. The van der Waals surface area contributed by atoms with Crippen molar-refractivity contribution in [3.63, 3.8) is 0 Å². The number of hydrogen-bond donors (Lipinski definition) is 1. The lowest BCUT2D eigenvalue weighted by atomic mass is 10.1. The molecular weight excluding hydrogens is 312 g/mol. The molecule has 0 aliphatic heterocycles. The Balaban J connectivity index is 1.63. The summed E-state index contributed by atoms with van der Waals surface area (Å²) >= 11 is 0. The van der Waals surface area contributed by atoms with E-state index in [0.717, 1.165) is 12.8 Å². The topological polar surface area (TPSA) is 72.2 Å². The van der Waals surface area contributed by atoms with Crippen LogP contribution in [0.2, 0.25) is 0 Å². The predicted molar refractivity (Wildman–Crippen MR) is 88.7 cm³/mol. The van der Waals surface area contributed by atoms with E-state index in [-0.39, 0.29) is 4.90 Å². The van der Waals surface area contributed by atoms with Crippen molar-refractivity contribution in [2.45, 2.75) is 24.7 Å². The van der Waals surface area contributed by atoms with Crippen molar-refractivity contribution in [1.29, 1.82) is 0 Å². The molecule has 0 saturated heterocycles. The van der Waals surface area contributed by atoms with Crippen LogP contribution in [-0.4, -0.2) is 19.9 Å². The number of fused-ring (bicyclic) bond motifs is 1. The molecule has 0 unspecified atom stereocenters. The molecule has 3 aromatic rings. The maximum Gasteiger partial charge on any atom is 0.240 e. The Hall–Kier alpha value is -2.18. The van der Waals surface area contributed by atoms with Crippen molar-refractivity contribution in [1.82, 2.24) is 9.71 Å². The molecule has 0 amide bonds. The summed E-state index contributed by atoms with van der Waals surface area (Å²) in [5.74, 6) is 0.519. The van der Waals surface area contributed by atoms with Gasteiger partial charge >= 0.3 is 0 Å². The highest BCUT2D eigenvalue weighted by Gasteiger charge is 2.15. The molecule has 3 rings (SSSR count). The normalized spacial score (nSPS) is 11.9. The average Bonchev–Trinajstić information content (AvgIpc) is 2.92. The van der Waals surface area contributed by atoms with Gasteiger partial charge in [-0.05, 0) is 30.5 Å². The summed E-state index contributed by atoms with van der Waals surface area (Å²) in [4.78, 5) is 4.36. The van der Waals surface area contributed by atoms with Gasteiger partial charge < -0.3 is 4.42 Å². The standard InChI is InChI=1S/C17H18N2O3S/c1-13-19-16-10-9-15(12-17(16)22-13)23(20,21)18-11-5-8-14-6-3-2-4-7-14/h2-4,6-7,9-10,12,18H,5,8,11H2,1H3. The number of benzene rings is 2. The van der Waals surface area contributed by atoms with Crippen molar-refractivity contribution in [2.24, 2.45) is 0 Å². The van der Waals surface area contributed by atoms with Crippen molar-refractivity contribution in [2.75, 3.05) is 6.54 Å². The van der Waals surface area contributed by atoms with E-state index in [1.165, 1.54) is 11.6 Å². The van der Waals surface area contributed by atoms with Crippen LogP contribution in [0, 0.1) is 6.92 Å². The Morgan fingerprint density at radius 2 is 1.91 bits per heavy atom. The summed E-state index contributed by atoms with van der Waals surface area (Å²) in [7, 11) is -3.53. The van der Waals surface area contributed by atoms with E-state index in [2.05, 4.69) is 9.71 Å². The highest BCUT2D eigenvalue weighted by atomic mass is 32.2. The predicted octanol–water partition coefficient (Wildman–Crippen LogP) is 3.05. The molecule has 0 fully saturated rings. The summed E-state index contributed by atoms with van der Waals surface area (Å²) in [6, 6.07) is 14.7. The Bertz CT molecular complexity index is 902. The van der Waals surface area contributed by atoms with Crippen LogP contribution in [-0.2, 0) is 16.4 Å². The fourth-order valence-corrected chi connectivity index (χ4v) is 3.50. The van der Waals surface area contributed by atoms with E-state index in [1.807, 2.05) is 30.3 Å². The van der Waals surface area contributed by atoms with Gasteiger partial charge in [-0.3, -0.25) is 0 Å². The molecule has 0 atom stereocenters. The highest BCUT2D eigenvalue weighted by molar-refractivity contribution is 7.89. The highest BCUT2D eigenvalue weighted by Crippen LogP contribution is 2.19. The van der Waals surface area contributed by atoms with Gasteiger partial charge in [-0.15, -0.1) is 0 Å². The fourth-order valence-electron chi connectivity index (χ4n) is 2.41. The van der Waals surface area contributed by atoms with Gasteiger partial charge in [0, 0.05) is 19.5 Å². The largest absolute Gasteiger partial charge is 0.441 e. The van der Waals surface area contributed by atoms with Crippen molar-refractivity contribution < 1.29 is 12.8 Å². The maximum absolute atomic E-state index is 12.3. The molecule has 0 aliphatic carbocycles. The molecule has 0 bridgehead atoms. The molecule has 0 aliphatic rings. The molecule has 1 aromatic heterocycles. The van der Waals surface area contributed by atoms with Gasteiger partial charge in [0.2, 0.25) is 10.0 Å². The Kier molecular flexibility index (Phi) is 4.45. The number of aryl methyl sites for hydroxylation is 2. The van der Waals surface area contributed by atoms with Crippen LogP contribution in [0.25, 0.3) is 11.1 Å². The van der Waals surface area contributed by atoms with E-state index in [4.69, 9.17) is 4.42 Å². The molecule has 120 valence electrons. The molecule has 5 nitrogen and oxygen atoms in total. The Morgan fingerprint density at radius 1 is 1.13 bits per heavy atom. The first-order valence-corrected chi connectivity index (χ1v) is 8.94. The zero-order valence-corrected chi connectivity index (χ0v) is 13.6. The van der Waals surface area contributed by atoms with E-state index >= 15 is 0 Å². The van der Waals surface area contributed by atoms with Crippen LogP contribution in [0.15, 0.2) is 57.8 Å². The Morgan fingerprint density at radius 3 is 2.70 bits per heavy atom. The number of nitrogens with one attached hydrogen (secondary N) is 1. The van der Waals surface area contributed by atoms with Crippen LogP contribution in [0.5, 0.6) is 0 Å². The van der Waals surface area contributed by atoms with Crippen molar-refractivity contribution in [3.05, 3.63) is 60.0 Å². The quantitative estimate of drug-likeness (QED) is 0.705. The van der Waals surface area contributed by atoms with Crippen LogP contribution in [0.1, 0.15) is 17.9 Å². The molecule has 1 heterocycles. The maximum atomic E-state index is 12.3. The first kappa shape index (κ1) is 15.7. The first-order valence-electron chi connectivity index (χ1n) is 7.45. The molecule has 1 N–H and O–H groups in total. The SMILES string of the molecule is Cc1nc2ccc(S(=O)(=O)NCCCc3ccccc3)cc2o1. The van der Waals surface area contributed by atoms with Gasteiger partial charge in [0.25, 0.3) is 0 Å². The molecule has 0 saturated carbocycles. The van der Waals surface area contributed by atoms with E-state index in [0.29, 0.717) is 23.5 Å². The van der Waals surface area contributed by atoms with Crippen LogP contribution < -0.4 is 4.72 Å². The molecule has 0 spiro atoms. The lowest BCUT2D eigenvalue weighted by Gasteiger charge is -2.06. The third-order valence-corrected chi connectivity index (χ3v) is 5.01. The van der Waals surface area contributed by atoms with Crippen molar-refractivity contribution in [3.8, 4) is 0 Å². The zero-order valence-electron chi connectivity index (χ0n) is 12.8. The van der Waals surface area contributed by atoms with Gasteiger partial charge in [0.15, 0.2) is 11.5 Å². The summed E-state index contributed by atoms with van der Waals surface area (Å²) < 4.78 is 32.7. The lowest BCUT2D eigenvalue weighted by molar-refractivity contribution is 0.558. The number of oxazole rings is 1. The van der Waals surface area contributed by atoms with Gasteiger partial charge in [0.05, 0.1) is 4.90 Å².